The molecule has 1 aliphatic rings. The second-order valence-electron chi connectivity index (χ2n) is 7.47. The first-order valence-electron chi connectivity index (χ1n) is 9.47. The summed E-state index contributed by atoms with van der Waals surface area (Å²) < 4.78 is 11.2. The minimum atomic E-state index is -0.538. The van der Waals surface area contributed by atoms with Gasteiger partial charge in [0.1, 0.15) is 23.7 Å². The summed E-state index contributed by atoms with van der Waals surface area (Å²) in [7, 11) is 1.67. The monoisotopic (exact) mass is 369 g/mol. The number of benzene rings is 1. The number of likely N-dealkylation sites (N-methyl/N-ethyl adjacent to an activating group) is 1. The Kier molecular flexibility index (Phi) is 5.68. The first-order chi connectivity index (χ1) is 12.9. The molecule has 0 radical (unpaired) electrons. The fourth-order valence-electron chi connectivity index (χ4n) is 3.23. The number of hydrogen-bond acceptors (Lipinski definition) is 4. The molecule has 3 rings (SSSR count). The molecule has 5 heteroatoms. The smallest absolute Gasteiger partial charge is 0.349 e. The molecule has 1 saturated carbocycles. The molecule has 27 heavy (non-hydrogen) atoms. The zero-order valence-corrected chi connectivity index (χ0v) is 16.5. The molecule has 1 heterocycles. The highest BCUT2D eigenvalue weighted by atomic mass is 16.5. The maximum absolute atomic E-state index is 12.7. The van der Waals surface area contributed by atoms with E-state index in [4.69, 9.17) is 9.15 Å². The topological polar surface area (TPSA) is 59.8 Å². The van der Waals surface area contributed by atoms with Crippen molar-refractivity contribution in [3.8, 4) is 5.75 Å². The summed E-state index contributed by atoms with van der Waals surface area (Å²) in [5, 5.41) is 0. The third kappa shape index (κ3) is 4.24. The van der Waals surface area contributed by atoms with Gasteiger partial charge in [0, 0.05) is 13.0 Å². The van der Waals surface area contributed by atoms with Crippen LogP contribution < -0.4 is 10.4 Å². The third-order valence-corrected chi connectivity index (χ3v) is 5.26. The van der Waals surface area contributed by atoms with Crippen LogP contribution in [0.3, 0.4) is 0 Å². The molecule has 0 bridgehead atoms. The van der Waals surface area contributed by atoms with Crippen molar-refractivity contribution in [2.24, 2.45) is 0 Å². The largest absolute Gasteiger partial charge is 0.491 e. The van der Waals surface area contributed by atoms with Crippen molar-refractivity contribution < 1.29 is 13.9 Å². The van der Waals surface area contributed by atoms with E-state index >= 15 is 0 Å². The number of carbonyl (C=O) groups excluding carboxylic acids is 1. The molecule has 2 aromatic rings. The van der Waals surface area contributed by atoms with E-state index in [1.807, 2.05) is 38.1 Å². The van der Waals surface area contributed by atoms with Crippen molar-refractivity contribution in [2.45, 2.75) is 46.0 Å². The van der Waals surface area contributed by atoms with Gasteiger partial charge in [-0.3, -0.25) is 4.79 Å². The Balaban J connectivity index is 1.65. The van der Waals surface area contributed by atoms with E-state index in [2.05, 4.69) is 0 Å². The first-order valence-corrected chi connectivity index (χ1v) is 9.47. The summed E-state index contributed by atoms with van der Waals surface area (Å²) in [6.07, 6.45) is 3.26. The van der Waals surface area contributed by atoms with Gasteiger partial charge in [-0.25, -0.2) is 4.79 Å². The van der Waals surface area contributed by atoms with Crippen LogP contribution in [0.4, 0.5) is 0 Å². The van der Waals surface area contributed by atoms with Crippen LogP contribution >= 0.6 is 0 Å². The number of ether oxygens (including phenoxy) is 1. The Morgan fingerprint density at radius 1 is 1.19 bits per heavy atom. The molecule has 144 valence electrons. The van der Waals surface area contributed by atoms with Crippen molar-refractivity contribution in [2.75, 3.05) is 20.2 Å². The molecule has 1 aromatic heterocycles. The van der Waals surface area contributed by atoms with E-state index in [-0.39, 0.29) is 11.5 Å². The van der Waals surface area contributed by atoms with Gasteiger partial charge >= 0.3 is 5.63 Å². The van der Waals surface area contributed by atoms with Gasteiger partial charge < -0.3 is 14.1 Å². The zero-order chi connectivity index (χ0) is 19.6. The lowest BCUT2D eigenvalue weighted by Gasteiger charge is -2.24. The summed E-state index contributed by atoms with van der Waals surface area (Å²) in [6, 6.07) is 7.87. The SMILES string of the molecule is Cc1ccc(C)c(OCCN(C)C(=O)c2c(C)cc(C3CCC3)oc2=O)c1. The molecule has 0 unspecified atom stereocenters. The lowest BCUT2D eigenvalue weighted by atomic mass is 9.83. The van der Waals surface area contributed by atoms with Crippen molar-refractivity contribution in [1.29, 1.82) is 0 Å². The molecule has 1 amide bonds. The second kappa shape index (κ2) is 7.99. The number of amides is 1. The van der Waals surface area contributed by atoms with Crippen LogP contribution in [0, 0.1) is 20.8 Å². The van der Waals surface area contributed by atoms with Gasteiger partial charge in [0.25, 0.3) is 5.91 Å². The van der Waals surface area contributed by atoms with Gasteiger partial charge in [-0.15, -0.1) is 0 Å². The van der Waals surface area contributed by atoms with Crippen LogP contribution in [0.15, 0.2) is 33.5 Å². The van der Waals surface area contributed by atoms with E-state index in [0.29, 0.717) is 30.4 Å². The molecule has 1 aromatic carbocycles. The number of hydrogen-bond donors (Lipinski definition) is 0. The summed E-state index contributed by atoms with van der Waals surface area (Å²) in [5.74, 6) is 1.52. The Bertz CT molecular complexity index is 896. The van der Waals surface area contributed by atoms with Crippen LogP contribution in [0.1, 0.15) is 58.0 Å². The Labute approximate surface area is 159 Å². The molecule has 0 N–H and O–H groups in total. The minimum absolute atomic E-state index is 0.118. The molecule has 1 fully saturated rings. The normalized spacial score (nSPS) is 13.9. The Morgan fingerprint density at radius 2 is 1.93 bits per heavy atom. The molecule has 0 atom stereocenters. The highest BCUT2D eigenvalue weighted by Crippen LogP contribution is 2.36. The molecule has 5 nitrogen and oxygen atoms in total. The van der Waals surface area contributed by atoms with E-state index < -0.39 is 5.63 Å². The number of nitrogens with zero attached hydrogens (tertiary/aromatic N) is 1. The van der Waals surface area contributed by atoms with Gasteiger partial charge in [-0.05, 0) is 62.4 Å². The van der Waals surface area contributed by atoms with E-state index in [0.717, 1.165) is 36.1 Å². The molecule has 0 saturated heterocycles. The van der Waals surface area contributed by atoms with Crippen LogP contribution in [-0.4, -0.2) is 31.0 Å². The lowest BCUT2D eigenvalue weighted by Crippen LogP contribution is -2.34. The predicted molar refractivity (Wildman–Crippen MR) is 105 cm³/mol. The summed E-state index contributed by atoms with van der Waals surface area (Å²) in [4.78, 5) is 26.6. The Hall–Kier alpha value is -2.56. The van der Waals surface area contributed by atoms with Gasteiger partial charge in [-0.1, -0.05) is 18.6 Å². The second-order valence-corrected chi connectivity index (χ2v) is 7.47. The molecule has 0 spiro atoms. The average Bonchev–Trinajstić information content (AvgIpc) is 2.55. The standard InChI is InChI=1S/C22H27NO4/c1-14-8-9-15(2)18(12-14)26-11-10-23(4)21(24)20-16(3)13-19(27-22(20)25)17-6-5-7-17/h8-9,12-13,17H,5-7,10-11H2,1-4H3. The minimum Gasteiger partial charge on any atom is -0.491 e. The lowest BCUT2D eigenvalue weighted by molar-refractivity contribution is 0.0767. The van der Waals surface area contributed by atoms with E-state index in [1.165, 1.54) is 4.90 Å². The molecule has 1 aliphatic carbocycles. The number of carbonyl (C=O) groups is 1. The molecular weight excluding hydrogens is 342 g/mol. The number of rotatable bonds is 6. The fraction of sp³-hybridized carbons (Fsp3) is 0.455. The van der Waals surface area contributed by atoms with E-state index in [1.54, 1.807) is 14.0 Å². The maximum atomic E-state index is 12.7. The van der Waals surface area contributed by atoms with Crippen molar-refractivity contribution in [3.63, 3.8) is 0 Å². The van der Waals surface area contributed by atoms with Gasteiger partial charge in [0.15, 0.2) is 0 Å². The van der Waals surface area contributed by atoms with Gasteiger partial charge in [-0.2, -0.15) is 0 Å². The highest BCUT2D eigenvalue weighted by Gasteiger charge is 2.26. The average molecular weight is 369 g/mol. The molecule has 0 aliphatic heterocycles. The first kappa shape index (κ1) is 19.2. The molecular formula is C22H27NO4. The van der Waals surface area contributed by atoms with Crippen LogP contribution in [0.25, 0.3) is 0 Å². The summed E-state index contributed by atoms with van der Waals surface area (Å²) in [5.41, 5.74) is 2.44. The van der Waals surface area contributed by atoms with Gasteiger partial charge in [0.05, 0.1) is 6.54 Å². The van der Waals surface area contributed by atoms with Crippen molar-refractivity contribution in [1.82, 2.24) is 4.90 Å². The summed E-state index contributed by atoms with van der Waals surface area (Å²) in [6.45, 7) is 6.54. The van der Waals surface area contributed by atoms with Crippen molar-refractivity contribution >= 4 is 5.91 Å². The predicted octanol–water partition coefficient (Wildman–Crippen LogP) is 3.98. The maximum Gasteiger partial charge on any atom is 0.349 e. The third-order valence-electron chi connectivity index (χ3n) is 5.26. The van der Waals surface area contributed by atoms with E-state index in [9.17, 15) is 9.59 Å². The quantitative estimate of drug-likeness (QED) is 0.773. The van der Waals surface area contributed by atoms with Crippen LogP contribution in [0.5, 0.6) is 5.75 Å². The van der Waals surface area contributed by atoms with Gasteiger partial charge in [0.2, 0.25) is 0 Å². The zero-order valence-electron chi connectivity index (χ0n) is 16.5. The fourth-order valence-corrected chi connectivity index (χ4v) is 3.23. The van der Waals surface area contributed by atoms with Crippen LogP contribution in [0.2, 0.25) is 0 Å². The Morgan fingerprint density at radius 3 is 2.56 bits per heavy atom. The summed E-state index contributed by atoms with van der Waals surface area (Å²) >= 11 is 0. The highest BCUT2D eigenvalue weighted by molar-refractivity contribution is 5.94. The van der Waals surface area contributed by atoms with Crippen LogP contribution in [-0.2, 0) is 0 Å². The number of aryl methyl sites for hydroxylation is 3. The van der Waals surface area contributed by atoms with Crippen molar-refractivity contribution in [3.05, 3.63) is 62.7 Å².